The van der Waals surface area contributed by atoms with Crippen LogP contribution in [0.1, 0.15) is 46.6 Å². The van der Waals surface area contributed by atoms with Crippen LogP contribution in [0, 0.1) is 5.92 Å². The Morgan fingerprint density at radius 3 is 1.87 bits per heavy atom. The van der Waals surface area contributed by atoms with Gasteiger partial charge < -0.3 is 14.8 Å². The van der Waals surface area contributed by atoms with E-state index in [2.05, 4.69) is 116 Å². The number of nitrogens with zero attached hydrogens (tertiary/aromatic N) is 1. The summed E-state index contributed by atoms with van der Waals surface area (Å²) in [6.07, 6.45) is -0.102. The summed E-state index contributed by atoms with van der Waals surface area (Å²) in [5.74, 6) is 0.176. The summed E-state index contributed by atoms with van der Waals surface area (Å²) in [5.41, 5.74) is 0.722. The van der Waals surface area contributed by atoms with Gasteiger partial charge in [0, 0.05) is 24.7 Å². The average molecular weight is 531 g/mol. The minimum absolute atomic E-state index is 0.0951. The van der Waals surface area contributed by atoms with Crippen molar-refractivity contribution in [2.24, 2.45) is 5.92 Å². The molecule has 0 aliphatic carbocycles. The Labute approximate surface area is 229 Å². The molecule has 0 aromatic heterocycles. The predicted molar refractivity (Wildman–Crippen MR) is 158 cm³/mol. The molecule has 4 rings (SSSR count). The zero-order valence-corrected chi connectivity index (χ0v) is 24.4. The molecule has 1 fully saturated rings. The van der Waals surface area contributed by atoms with Gasteiger partial charge in [-0.25, -0.2) is 4.79 Å². The maximum atomic E-state index is 11.6. The zero-order chi connectivity index (χ0) is 27.4. The highest BCUT2D eigenvalue weighted by Gasteiger charge is 2.51. The third-order valence-electron chi connectivity index (χ3n) is 8.12. The number of amides is 1. The first kappa shape index (κ1) is 28.1. The van der Waals surface area contributed by atoms with Crippen LogP contribution in [-0.2, 0) is 11.0 Å². The summed E-state index contributed by atoms with van der Waals surface area (Å²) in [7, 11) is -2.67. The minimum Gasteiger partial charge on any atom is -0.465 e. The molecule has 1 amide bonds. The molecule has 3 aromatic rings. The second-order valence-corrected chi connectivity index (χ2v) is 16.4. The van der Waals surface area contributed by atoms with Crippen LogP contribution in [-0.4, -0.2) is 49.1 Å². The number of carbonyl (C=O) groups is 1. The van der Waals surface area contributed by atoms with E-state index < -0.39 is 19.9 Å². The fourth-order valence-corrected chi connectivity index (χ4v) is 10.7. The Morgan fingerprint density at radius 2 is 1.39 bits per heavy atom. The van der Waals surface area contributed by atoms with Gasteiger partial charge in [-0.15, -0.1) is 0 Å². The molecular formula is C32H42N2O3Si. The summed E-state index contributed by atoms with van der Waals surface area (Å²) in [6, 6.07) is 32.2. The van der Waals surface area contributed by atoms with Gasteiger partial charge in [-0.2, -0.15) is 0 Å². The Balaban J connectivity index is 1.69. The van der Waals surface area contributed by atoms with Gasteiger partial charge in [-0.05, 0) is 47.2 Å². The van der Waals surface area contributed by atoms with Crippen molar-refractivity contribution in [3.63, 3.8) is 0 Å². The summed E-state index contributed by atoms with van der Waals surface area (Å²) in [4.78, 5) is 14.1. The number of carboxylic acid groups (broad SMARTS) is 1. The molecule has 0 unspecified atom stereocenters. The van der Waals surface area contributed by atoms with E-state index >= 15 is 0 Å². The number of rotatable bonds is 9. The number of likely N-dealkylation sites (tertiary alicyclic amines) is 1. The summed E-state index contributed by atoms with van der Waals surface area (Å²) >= 11 is 0. The SMILES string of the molecule is CC(C)(NC(=O)O)[C@H]1C[C@@H](CO[Si](c2ccccc2)(c2ccccc2)C(C)(C)C)N(Cc2ccccc2)C1. The van der Waals surface area contributed by atoms with Crippen LogP contribution in [0.4, 0.5) is 4.79 Å². The molecule has 3 aromatic carbocycles. The van der Waals surface area contributed by atoms with Crippen LogP contribution in [0.3, 0.4) is 0 Å². The van der Waals surface area contributed by atoms with Crippen LogP contribution in [0.2, 0.25) is 5.04 Å². The maximum absolute atomic E-state index is 11.6. The van der Waals surface area contributed by atoms with Gasteiger partial charge in [-0.3, -0.25) is 4.90 Å². The first-order valence-electron chi connectivity index (χ1n) is 13.6. The Bertz CT molecular complexity index is 1140. The van der Waals surface area contributed by atoms with E-state index in [0.29, 0.717) is 6.61 Å². The molecule has 202 valence electrons. The van der Waals surface area contributed by atoms with Crippen molar-refractivity contribution in [3.05, 3.63) is 96.6 Å². The fourth-order valence-electron chi connectivity index (χ4n) is 6.05. The number of hydrogen-bond acceptors (Lipinski definition) is 3. The molecular weight excluding hydrogens is 488 g/mol. The van der Waals surface area contributed by atoms with Crippen LogP contribution in [0.5, 0.6) is 0 Å². The molecule has 0 saturated carbocycles. The van der Waals surface area contributed by atoms with Gasteiger partial charge in [0.2, 0.25) is 0 Å². The second kappa shape index (κ2) is 11.4. The lowest BCUT2D eigenvalue weighted by molar-refractivity contribution is 0.157. The Morgan fingerprint density at radius 1 is 0.895 bits per heavy atom. The first-order valence-corrected chi connectivity index (χ1v) is 15.5. The summed E-state index contributed by atoms with van der Waals surface area (Å²) in [5, 5.41) is 14.7. The van der Waals surface area contributed by atoms with E-state index in [0.717, 1.165) is 19.5 Å². The van der Waals surface area contributed by atoms with E-state index in [1.54, 1.807) is 0 Å². The maximum Gasteiger partial charge on any atom is 0.405 e. The van der Waals surface area contributed by atoms with Crippen LogP contribution in [0.25, 0.3) is 0 Å². The Kier molecular flexibility index (Phi) is 8.45. The second-order valence-electron chi connectivity index (χ2n) is 12.1. The van der Waals surface area contributed by atoms with E-state index in [1.165, 1.54) is 15.9 Å². The Hall–Kier alpha value is -2.93. The van der Waals surface area contributed by atoms with Gasteiger partial charge in [-0.1, -0.05) is 112 Å². The van der Waals surface area contributed by atoms with Crippen molar-refractivity contribution in [2.45, 2.75) is 64.2 Å². The molecule has 0 bridgehead atoms. The molecule has 5 nitrogen and oxygen atoms in total. The van der Waals surface area contributed by atoms with Crippen molar-refractivity contribution in [3.8, 4) is 0 Å². The normalized spacial score (nSPS) is 18.9. The topological polar surface area (TPSA) is 61.8 Å². The molecule has 38 heavy (non-hydrogen) atoms. The predicted octanol–water partition coefficient (Wildman–Crippen LogP) is 5.50. The lowest BCUT2D eigenvalue weighted by Crippen LogP contribution is -2.67. The quantitative estimate of drug-likeness (QED) is 0.359. The van der Waals surface area contributed by atoms with Crippen LogP contribution < -0.4 is 15.7 Å². The van der Waals surface area contributed by atoms with Gasteiger partial charge in [0.05, 0.1) is 6.61 Å². The monoisotopic (exact) mass is 530 g/mol. The molecule has 2 atom stereocenters. The summed E-state index contributed by atoms with van der Waals surface area (Å²) < 4.78 is 7.32. The molecule has 1 aliphatic rings. The van der Waals surface area contributed by atoms with Crippen molar-refractivity contribution in [1.82, 2.24) is 10.2 Å². The summed E-state index contributed by atoms with van der Waals surface area (Å²) in [6.45, 7) is 13.1. The first-order chi connectivity index (χ1) is 18.0. The third-order valence-corrected chi connectivity index (χ3v) is 13.1. The van der Waals surface area contributed by atoms with Crippen molar-refractivity contribution < 1.29 is 14.3 Å². The number of hydrogen-bond donors (Lipinski definition) is 2. The fraction of sp³-hybridized carbons (Fsp3) is 0.406. The van der Waals surface area contributed by atoms with Gasteiger partial charge in [0.25, 0.3) is 8.32 Å². The van der Waals surface area contributed by atoms with Crippen molar-refractivity contribution >= 4 is 24.8 Å². The van der Waals surface area contributed by atoms with Crippen molar-refractivity contribution in [2.75, 3.05) is 13.2 Å². The van der Waals surface area contributed by atoms with Gasteiger partial charge >= 0.3 is 6.09 Å². The smallest absolute Gasteiger partial charge is 0.405 e. The molecule has 6 heteroatoms. The van der Waals surface area contributed by atoms with Crippen molar-refractivity contribution in [1.29, 1.82) is 0 Å². The molecule has 1 saturated heterocycles. The van der Waals surface area contributed by atoms with Gasteiger partial charge in [0.15, 0.2) is 0 Å². The highest BCUT2D eigenvalue weighted by molar-refractivity contribution is 6.99. The molecule has 2 N–H and O–H groups in total. The number of benzene rings is 3. The average Bonchev–Trinajstić information content (AvgIpc) is 3.28. The van der Waals surface area contributed by atoms with Gasteiger partial charge in [0.1, 0.15) is 0 Å². The van der Waals surface area contributed by atoms with E-state index in [-0.39, 0.29) is 17.0 Å². The van der Waals surface area contributed by atoms with E-state index in [4.69, 9.17) is 4.43 Å². The highest BCUT2D eigenvalue weighted by Crippen LogP contribution is 2.39. The zero-order valence-electron chi connectivity index (χ0n) is 23.4. The van der Waals surface area contributed by atoms with Crippen LogP contribution in [0.15, 0.2) is 91.0 Å². The molecule has 1 heterocycles. The van der Waals surface area contributed by atoms with Crippen LogP contribution >= 0.6 is 0 Å². The largest absolute Gasteiger partial charge is 0.465 e. The third kappa shape index (κ3) is 6.03. The minimum atomic E-state index is -2.67. The molecule has 1 aliphatic heterocycles. The molecule has 0 spiro atoms. The standard InChI is InChI=1S/C32H42N2O3Si/c1-31(2,3)38(28-17-11-7-12-18-28,29-19-13-8-14-20-29)37-24-27-21-26(32(4,5)33-30(35)36)23-34(27)22-25-15-9-6-10-16-25/h6-20,26-27,33H,21-24H2,1-5H3,(H,35,36)/t26-,27-/m0/s1. The molecule has 0 radical (unpaired) electrons. The van der Waals surface area contributed by atoms with E-state index in [9.17, 15) is 9.90 Å². The number of nitrogens with one attached hydrogen (secondary N) is 1. The van der Waals surface area contributed by atoms with E-state index in [1.807, 2.05) is 19.9 Å². The highest BCUT2D eigenvalue weighted by atomic mass is 28.4. The lowest BCUT2D eigenvalue weighted by Gasteiger charge is -2.44. The lowest BCUT2D eigenvalue weighted by atomic mass is 9.85.